The number of thiophene rings is 1. The number of aromatic nitrogens is 3. The third-order valence-corrected chi connectivity index (χ3v) is 7.78. The van der Waals surface area contributed by atoms with E-state index in [9.17, 15) is 9.59 Å². The summed E-state index contributed by atoms with van der Waals surface area (Å²) in [4.78, 5) is 26.0. The summed E-state index contributed by atoms with van der Waals surface area (Å²) in [7, 11) is 1.34. The van der Waals surface area contributed by atoms with Gasteiger partial charge in [0, 0.05) is 11.4 Å². The number of methoxy groups -OCH3 is 1. The molecule has 1 atom stereocenters. The predicted molar refractivity (Wildman–Crippen MR) is 140 cm³/mol. The summed E-state index contributed by atoms with van der Waals surface area (Å²) in [6, 6.07) is 5.99. The Morgan fingerprint density at radius 1 is 1.17 bits per heavy atom. The van der Waals surface area contributed by atoms with Gasteiger partial charge >= 0.3 is 5.97 Å². The molecule has 188 valence electrons. The molecule has 3 aromatic rings. The minimum atomic E-state index is -0.442. The van der Waals surface area contributed by atoms with E-state index in [0.717, 1.165) is 21.8 Å². The van der Waals surface area contributed by atoms with Crippen LogP contribution in [0, 0.1) is 20.8 Å². The van der Waals surface area contributed by atoms with Crippen LogP contribution < -0.4 is 10.1 Å². The number of nitrogens with zero attached hydrogens (tertiary/aromatic N) is 3. The van der Waals surface area contributed by atoms with E-state index >= 15 is 0 Å². The van der Waals surface area contributed by atoms with Crippen LogP contribution in [-0.2, 0) is 22.5 Å². The number of carbonyl (C=O) groups excluding carboxylic acids is 2. The van der Waals surface area contributed by atoms with Crippen molar-refractivity contribution < 1.29 is 19.1 Å². The molecule has 3 rings (SSSR count). The molecule has 0 bridgehead atoms. The molecule has 1 aromatic carbocycles. The zero-order chi connectivity index (χ0) is 25.7. The topological polar surface area (TPSA) is 95.3 Å². The summed E-state index contributed by atoms with van der Waals surface area (Å²) in [5.41, 5.74) is 3.71. The molecule has 10 heteroatoms. The van der Waals surface area contributed by atoms with Crippen LogP contribution >= 0.6 is 23.1 Å². The van der Waals surface area contributed by atoms with Gasteiger partial charge in [-0.2, -0.15) is 0 Å². The molecule has 1 N–H and O–H groups in total. The van der Waals surface area contributed by atoms with Crippen LogP contribution in [0.1, 0.15) is 64.6 Å². The van der Waals surface area contributed by atoms with Crippen molar-refractivity contribution in [2.24, 2.45) is 0 Å². The normalized spacial score (nSPS) is 11.9. The minimum Gasteiger partial charge on any atom is -0.483 e. The summed E-state index contributed by atoms with van der Waals surface area (Å²) in [5.74, 6) is 0.934. The second kappa shape index (κ2) is 11.7. The third kappa shape index (κ3) is 6.05. The summed E-state index contributed by atoms with van der Waals surface area (Å²) in [6.07, 6.45) is 0.374. The van der Waals surface area contributed by atoms with Crippen molar-refractivity contribution in [3.63, 3.8) is 0 Å². The Morgan fingerprint density at radius 2 is 1.91 bits per heavy atom. The van der Waals surface area contributed by atoms with Gasteiger partial charge in [-0.25, -0.2) is 4.79 Å². The van der Waals surface area contributed by atoms with Gasteiger partial charge in [-0.3, -0.25) is 4.79 Å². The average Bonchev–Trinajstić information content (AvgIpc) is 3.39. The maximum absolute atomic E-state index is 12.7. The van der Waals surface area contributed by atoms with Crippen LogP contribution in [0.15, 0.2) is 23.4 Å². The molecule has 0 saturated heterocycles. The van der Waals surface area contributed by atoms with Crippen molar-refractivity contribution in [1.82, 2.24) is 14.8 Å². The summed E-state index contributed by atoms with van der Waals surface area (Å²) < 4.78 is 13.0. The Bertz CT molecular complexity index is 1220. The number of esters is 1. The molecule has 2 heterocycles. The smallest absolute Gasteiger partial charge is 0.341 e. The van der Waals surface area contributed by atoms with E-state index in [4.69, 9.17) is 9.47 Å². The number of nitrogens with one attached hydrogen (secondary N) is 1. The van der Waals surface area contributed by atoms with Crippen molar-refractivity contribution >= 4 is 40.0 Å². The summed E-state index contributed by atoms with van der Waals surface area (Å²) >= 11 is 2.68. The molecule has 35 heavy (non-hydrogen) atoms. The Kier molecular flexibility index (Phi) is 8.96. The minimum absolute atomic E-state index is 0.129. The van der Waals surface area contributed by atoms with Gasteiger partial charge in [-0.15, -0.1) is 21.5 Å². The number of rotatable bonds is 10. The van der Waals surface area contributed by atoms with E-state index in [0.29, 0.717) is 34.5 Å². The number of carbonyl (C=O) groups is 2. The second-order valence-corrected chi connectivity index (χ2v) is 10.3. The number of amides is 1. The lowest BCUT2D eigenvalue weighted by Gasteiger charge is -2.16. The SMILES string of the molecule is CCc1c(C)sc(NC(=O)CSc2nnc(C(C)Oc3ccc(C)c(C)c3)n2CC)c1C(=O)OC. The van der Waals surface area contributed by atoms with E-state index in [2.05, 4.69) is 29.4 Å². The van der Waals surface area contributed by atoms with Crippen LogP contribution in [0.3, 0.4) is 0 Å². The van der Waals surface area contributed by atoms with Crippen molar-refractivity contribution in [2.45, 2.75) is 65.8 Å². The summed E-state index contributed by atoms with van der Waals surface area (Å²) in [5, 5.41) is 12.7. The van der Waals surface area contributed by atoms with Gasteiger partial charge in [0.15, 0.2) is 17.1 Å². The molecule has 8 nitrogen and oxygen atoms in total. The maximum Gasteiger partial charge on any atom is 0.341 e. The first-order valence-corrected chi connectivity index (χ1v) is 13.3. The number of thioether (sulfide) groups is 1. The number of anilines is 1. The van der Waals surface area contributed by atoms with Crippen molar-refractivity contribution in [3.05, 3.63) is 51.2 Å². The van der Waals surface area contributed by atoms with E-state index < -0.39 is 5.97 Å². The average molecular weight is 517 g/mol. The highest BCUT2D eigenvalue weighted by Crippen LogP contribution is 2.34. The fourth-order valence-corrected chi connectivity index (χ4v) is 5.71. The Balaban J connectivity index is 1.69. The lowest BCUT2D eigenvalue weighted by molar-refractivity contribution is -0.113. The van der Waals surface area contributed by atoms with E-state index in [-0.39, 0.29) is 17.8 Å². The van der Waals surface area contributed by atoms with E-state index in [1.54, 1.807) is 0 Å². The fraction of sp³-hybridized carbons (Fsp3) is 0.440. The van der Waals surface area contributed by atoms with Crippen LogP contribution in [0.25, 0.3) is 0 Å². The molecule has 2 aromatic heterocycles. The highest BCUT2D eigenvalue weighted by molar-refractivity contribution is 7.99. The zero-order valence-corrected chi connectivity index (χ0v) is 22.9. The number of aryl methyl sites for hydroxylation is 3. The van der Waals surface area contributed by atoms with Gasteiger partial charge < -0.3 is 19.4 Å². The molecular formula is C25H32N4O4S2. The lowest BCUT2D eigenvalue weighted by Crippen LogP contribution is -2.17. The monoisotopic (exact) mass is 516 g/mol. The molecule has 1 amide bonds. The molecular weight excluding hydrogens is 484 g/mol. The van der Waals surface area contributed by atoms with Crippen LogP contribution in [-0.4, -0.2) is 39.5 Å². The van der Waals surface area contributed by atoms with Gasteiger partial charge in [-0.05, 0) is 69.9 Å². The predicted octanol–water partition coefficient (Wildman–Crippen LogP) is 5.50. The first-order valence-electron chi connectivity index (χ1n) is 11.5. The molecule has 0 spiro atoms. The zero-order valence-electron chi connectivity index (χ0n) is 21.2. The fourth-order valence-electron chi connectivity index (χ4n) is 3.75. The van der Waals surface area contributed by atoms with E-state index in [1.807, 2.05) is 50.5 Å². The van der Waals surface area contributed by atoms with E-state index in [1.165, 1.54) is 35.8 Å². The number of ether oxygens (including phenoxy) is 2. The third-order valence-electron chi connectivity index (χ3n) is 5.75. The lowest BCUT2D eigenvalue weighted by atomic mass is 10.1. The first kappa shape index (κ1) is 26.7. The second-order valence-electron chi connectivity index (χ2n) is 8.11. The molecule has 0 aliphatic rings. The quantitative estimate of drug-likeness (QED) is 0.281. The first-order chi connectivity index (χ1) is 16.7. The highest BCUT2D eigenvalue weighted by Gasteiger charge is 2.24. The number of hydrogen-bond acceptors (Lipinski definition) is 8. The Labute approximate surface area is 214 Å². The molecule has 1 unspecified atom stereocenters. The Hall–Kier alpha value is -2.85. The van der Waals surface area contributed by atoms with Crippen LogP contribution in [0.5, 0.6) is 5.75 Å². The van der Waals surface area contributed by atoms with Gasteiger partial charge in [-0.1, -0.05) is 24.8 Å². The van der Waals surface area contributed by atoms with Gasteiger partial charge in [0.1, 0.15) is 10.8 Å². The standard InChI is InChI=1S/C25H32N4O4S2/c1-8-19-17(6)35-23(21(19)24(31)32-7)26-20(30)13-34-25-28-27-22(29(25)9-2)16(5)33-18-11-10-14(3)15(4)12-18/h10-12,16H,8-9,13H2,1-7H3,(H,26,30). The molecule has 0 aliphatic heterocycles. The van der Waals surface area contributed by atoms with Crippen LogP contribution in [0.4, 0.5) is 5.00 Å². The molecule has 0 fully saturated rings. The largest absolute Gasteiger partial charge is 0.483 e. The highest BCUT2D eigenvalue weighted by atomic mass is 32.2. The van der Waals surface area contributed by atoms with Gasteiger partial charge in [0.05, 0.1) is 18.4 Å². The molecule has 0 radical (unpaired) electrons. The molecule has 0 aliphatic carbocycles. The van der Waals surface area contributed by atoms with Crippen molar-refractivity contribution in [2.75, 3.05) is 18.2 Å². The maximum atomic E-state index is 12.7. The summed E-state index contributed by atoms with van der Waals surface area (Å²) in [6.45, 7) is 12.6. The van der Waals surface area contributed by atoms with Crippen molar-refractivity contribution in [3.8, 4) is 5.75 Å². The van der Waals surface area contributed by atoms with Crippen molar-refractivity contribution in [1.29, 1.82) is 0 Å². The van der Waals surface area contributed by atoms with Gasteiger partial charge in [0.2, 0.25) is 5.91 Å². The number of benzene rings is 1. The van der Waals surface area contributed by atoms with Crippen LogP contribution in [0.2, 0.25) is 0 Å². The Morgan fingerprint density at radius 3 is 2.54 bits per heavy atom. The molecule has 0 saturated carbocycles. The number of hydrogen-bond donors (Lipinski definition) is 1. The van der Waals surface area contributed by atoms with Gasteiger partial charge in [0.25, 0.3) is 0 Å².